The van der Waals surface area contributed by atoms with Crippen molar-refractivity contribution in [3.63, 3.8) is 0 Å². The molecule has 0 saturated heterocycles. The number of hydrogen-bond acceptors (Lipinski definition) is 1. The summed E-state index contributed by atoms with van der Waals surface area (Å²) >= 11 is 2.24. The lowest BCUT2D eigenvalue weighted by molar-refractivity contribution is 0.0931. The highest BCUT2D eigenvalue weighted by molar-refractivity contribution is 14.1. The first-order valence-corrected chi connectivity index (χ1v) is 7.93. The molecule has 2 aromatic carbocycles. The van der Waals surface area contributed by atoms with Crippen LogP contribution in [0.3, 0.4) is 0 Å². The minimum absolute atomic E-state index is 0.0159. The SMILES string of the molecule is O=C(NC(c1ccccc1)C1CC1)c1ccc(I)cc1. The van der Waals surface area contributed by atoms with E-state index in [1.54, 1.807) is 0 Å². The predicted octanol–water partition coefficient (Wildman–Crippen LogP) is 4.17. The summed E-state index contributed by atoms with van der Waals surface area (Å²) < 4.78 is 1.14. The first-order valence-electron chi connectivity index (χ1n) is 6.85. The zero-order valence-corrected chi connectivity index (χ0v) is 13.2. The third-order valence-corrected chi connectivity index (χ3v) is 4.36. The lowest BCUT2D eigenvalue weighted by Crippen LogP contribution is -2.29. The summed E-state index contributed by atoms with van der Waals surface area (Å²) in [6.07, 6.45) is 2.40. The van der Waals surface area contributed by atoms with Crippen molar-refractivity contribution in [2.45, 2.75) is 18.9 Å². The summed E-state index contributed by atoms with van der Waals surface area (Å²) in [7, 11) is 0. The number of nitrogens with one attached hydrogen (secondary N) is 1. The molecule has 102 valence electrons. The second-order valence-corrected chi connectivity index (χ2v) is 6.45. The normalized spacial score (nSPS) is 15.7. The van der Waals surface area contributed by atoms with Crippen LogP contribution in [0.15, 0.2) is 54.6 Å². The Morgan fingerprint density at radius 3 is 2.30 bits per heavy atom. The maximum Gasteiger partial charge on any atom is 0.251 e. The van der Waals surface area contributed by atoms with Crippen LogP contribution >= 0.6 is 22.6 Å². The highest BCUT2D eigenvalue weighted by atomic mass is 127. The summed E-state index contributed by atoms with van der Waals surface area (Å²) in [5, 5.41) is 3.19. The maximum atomic E-state index is 12.4. The van der Waals surface area contributed by atoms with Crippen molar-refractivity contribution < 1.29 is 4.79 Å². The molecule has 0 heterocycles. The molecule has 1 amide bonds. The van der Waals surface area contributed by atoms with Gasteiger partial charge in [0.05, 0.1) is 6.04 Å². The van der Waals surface area contributed by atoms with Crippen molar-refractivity contribution in [1.29, 1.82) is 0 Å². The van der Waals surface area contributed by atoms with Gasteiger partial charge in [0.15, 0.2) is 0 Å². The largest absolute Gasteiger partial charge is 0.345 e. The molecule has 0 radical (unpaired) electrons. The standard InChI is InChI=1S/C17H16INO/c18-15-10-8-14(9-11-15)17(20)19-16(13-6-7-13)12-4-2-1-3-5-12/h1-5,8-11,13,16H,6-7H2,(H,19,20). The molecule has 1 unspecified atom stereocenters. The van der Waals surface area contributed by atoms with Crippen LogP contribution in [0, 0.1) is 9.49 Å². The Morgan fingerprint density at radius 1 is 1.05 bits per heavy atom. The average molecular weight is 377 g/mol. The van der Waals surface area contributed by atoms with E-state index in [-0.39, 0.29) is 11.9 Å². The molecule has 1 saturated carbocycles. The van der Waals surface area contributed by atoms with Crippen LogP contribution in [0.5, 0.6) is 0 Å². The highest BCUT2D eigenvalue weighted by Gasteiger charge is 2.33. The molecule has 3 heteroatoms. The minimum Gasteiger partial charge on any atom is -0.345 e. The topological polar surface area (TPSA) is 29.1 Å². The van der Waals surface area contributed by atoms with E-state index in [0.29, 0.717) is 5.92 Å². The second-order valence-electron chi connectivity index (χ2n) is 5.21. The molecule has 1 aliphatic rings. The number of rotatable bonds is 4. The predicted molar refractivity (Wildman–Crippen MR) is 88.5 cm³/mol. The van der Waals surface area contributed by atoms with Gasteiger partial charge in [-0.05, 0) is 71.2 Å². The monoisotopic (exact) mass is 377 g/mol. The lowest BCUT2D eigenvalue weighted by Gasteiger charge is -2.19. The van der Waals surface area contributed by atoms with Crippen LogP contribution in [0.2, 0.25) is 0 Å². The van der Waals surface area contributed by atoms with Crippen molar-refractivity contribution >= 4 is 28.5 Å². The third kappa shape index (κ3) is 3.20. The Morgan fingerprint density at radius 2 is 1.70 bits per heavy atom. The zero-order chi connectivity index (χ0) is 13.9. The summed E-state index contributed by atoms with van der Waals surface area (Å²) in [4.78, 5) is 12.4. The summed E-state index contributed by atoms with van der Waals surface area (Å²) in [6.45, 7) is 0. The van der Waals surface area contributed by atoms with Crippen LogP contribution in [0.25, 0.3) is 0 Å². The van der Waals surface area contributed by atoms with E-state index in [0.717, 1.165) is 9.13 Å². The molecule has 2 nitrogen and oxygen atoms in total. The molecule has 3 rings (SSSR count). The van der Waals surface area contributed by atoms with Gasteiger partial charge in [-0.25, -0.2) is 0 Å². The van der Waals surface area contributed by atoms with Gasteiger partial charge in [-0.2, -0.15) is 0 Å². The molecule has 0 spiro atoms. The van der Waals surface area contributed by atoms with Crippen molar-refractivity contribution in [1.82, 2.24) is 5.32 Å². The minimum atomic E-state index is 0.0159. The molecular weight excluding hydrogens is 361 g/mol. The van der Waals surface area contributed by atoms with E-state index in [9.17, 15) is 4.79 Å². The van der Waals surface area contributed by atoms with Gasteiger partial charge in [-0.3, -0.25) is 4.79 Å². The Labute approximate surface area is 132 Å². The molecule has 0 aromatic heterocycles. The molecule has 1 fully saturated rings. The molecule has 1 aliphatic carbocycles. The summed E-state index contributed by atoms with van der Waals surface area (Å²) in [6, 6.07) is 18.1. The average Bonchev–Trinajstić information content (AvgIpc) is 3.31. The van der Waals surface area contributed by atoms with Crippen LogP contribution < -0.4 is 5.32 Å². The van der Waals surface area contributed by atoms with Crippen molar-refractivity contribution in [2.24, 2.45) is 5.92 Å². The number of amides is 1. The quantitative estimate of drug-likeness (QED) is 0.797. The number of hydrogen-bond donors (Lipinski definition) is 1. The fraction of sp³-hybridized carbons (Fsp3) is 0.235. The number of benzene rings is 2. The van der Waals surface area contributed by atoms with Crippen LogP contribution in [-0.4, -0.2) is 5.91 Å². The molecule has 0 bridgehead atoms. The number of carbonyl (C=O) groups excluding carboxylic acids is 1. The van der Waals surface area contributed by atoms with E-state index >= 15 is 0 Å². The van der Waals surface area contributed by atoms with E-state index in [1.165, 1.54) is 18.4 Å². The van der Waals surface area contributed by atoms with Crippen LogP contribution in [-0.2, 0) is 0 Å². The highest BCUT2D eigenvalue weighted by Crippen LogP contribution is 2.41. The van der Waals surface area contributed by atoms with E-state index in [4.69, 9.17) is 0 Å². The van der Waals surface area contributed by atoms with Crippen molar-refractivity contribution in [2.75, 3.05) is 0 Å². The Balaban J connectivity index is 1.77. The van der Waals surface area contributed by atoms with Gasteiger partial charge in [-0.15, -0.1) is 0 Å². The summed E-state index contributed by atoms with van der Waals surface area (Å²) in [5.41, 5.74) is 1.93. The Bertz CT molecular complexity index is 590. The molecule has 2 aromatic rings. The lowest BCUT2D eigenvalue weighted by atomic mass is 10.0. The van der Waals surface area contributed by atoms with Crippen molar-refractivity contribution in [3.05, 3.63) is 69.3 Å². The van der Waals surface area contributed by atoms with Gasteiger partial charge in [0.25, 0.3) is 5.91 Å². The van der Waals surface area contributed by atoms with E-state index < -0.39 is 0 Å². The van der Waals surface area contributed by atoms with Gasteiger partial charge in [0.2, 0.25) is 0 Å². The molecule has 0 aliphatic heterocycles. The molecule has 20 heavy (non-hydrogen) atoms. The zero-order valence-electron chi connectivity index (χ0n) is 11.1. The number of halogens is 1. The van der Waals surface area contributed by atoms with Gasteiger partial charge >= 0.3 is 0 Å². The van der Waals surface area contributed by atoms with E-state index in [2.05, 4.69) is 40.0 Å². The number of carbonyl (C=O) groups is 1. The maximum absolute atomic E-state index is 12.4. The van der Waals surface area contributed by atoms with Gasteiger partial charge in [0, 0.05) is 9.13 Å². The smallest absolute Gasteiger partial charge is 0.251 e. The fourth-order valence-corrected chi connectivity index (χ4v) is 2.75. The fourth-order valence-electron chi connectivity index (χ4n) is 2.39. The van der Waals surface area contributed by atoms with Gasteiger partial charge < -0.3 is 5.32 Å². The molecular formula is C17H16INO. The van der Waals surface area contributed by atoms with E-state index in [1.807, 2.05) is 42.5 Å². The second kappa shape index (κ2) is 5.95. The first kappa shape index (κ1) is 13.6. The molecule has 1 N–H and O–H groups in total. The first-order chi connectivity index (χ1) is 9.74. The molecule has 1 atom stereocenters. The Kier molecular flexibility index (Phi) is 4.05. The van der Waals surface area contributed by atoms with Crippen molar-refractivity contribution in [3.8, 4) is 0 Å². The van der Waals surface area contributed by atoms with Crippen LogP contribution in [0.4, 0.5) is 0 Å². The van der Waals surface area contributed by atoms with Gasteiger partial charge in [0.1, 0.15) is 0 Å². The third-order valence-electron chi connectivity index (χ3n) is 3.65. The van der Waals surface area contributed by atoms with Gasteiger partial charge in [-0.1, -0.05) is 30.3 Å². The summed E-state index contributed by atoms with van der Waals surface area (Å²) in [5.74, 6) is 0.604. The van der Waals surface area contributed by atoms with Crippen LogP contribution in [0.1, 0.15) is 34.8 Å². The Hall–Kier alpha value is -1.36.